The molecule has 1 fully saturated rings. The number of aliphatic hydroxyl groups is 1. The Morgan fingerprint density at radius 1 is 1.63 bits per heavy atom. The van der Waals surface area contributed by atoms with Gasteiger partial charge in [-0.2, -0.15) is 5.10 Å². The SMILES string of the molecule is CC1CCCC(O)(CNS(=O)(=O)c2ccnn2C)C1. The van der Waals surface area contributed by atoms with Gasteiger partial charge < -0.3 is 5.11 Å². The van der Waals surface area contributed by atoms with Crippen LogP contribution < -0.4 is 4.72 Å². The van der Waals surface area contributed by atoms with Crippen molar-refractivity contribution < 1.29 is 13.5 Å². The van der Waals surface area contributed by atoms with Gasteiger partial charge in [-0.15, -0.1) is 0 Å². The summed E-state index contributed by atoms with van der Waals surface area (Å²) in [4.78, 5) is 0. The van der Waals surface area contributed by atoms with E-state index in [9.17, 15) is 13.5 Å². The fourth-order valence-electron chi connectivity index (χ4n) is 2.72. The van der Waals surface area contributed by atoms with E-state index in [4.69, 9.17) is 0 Å². The molecule has 2 N–H and O–H groups in total. The van der Waals surface area contributed by atoms with E-state index in [2.05, 4.69) is 16.7 Å². The highest BCUT2D eigenvalue weighted by atomic mass is 32.2. The molecular formula is C12H21N3O3S. The number of hydrogen-bond acceptors (Lipinski definition) is 4. The fourth-order valence-corrected chi connectivity index (χ4v) is 3.96. The monoisotopic (exact) mass is 287 g/mol. The Kier molecular flexibility index (Phi) is 3.98. The van der Waals surface area contributed by atoms with Crippen molar-refractivity contribution in [3.8, 4) is 0 Å². The van der Waals surface area contributed by atoms with Crippen LogP contribution in [-0.4, -0.2) is 35.5 Å². The molecule has 0 saturated heterocycles. The van der Waals surface area contributed by atoms with E-state index in [1.165, 1.54) is 16.9 Å². The van der Waals surface area contributed by atoms with Gasteiger partial charge in [-0.05, 0) is 24.8 Å². The van der Waals surface area contributed by atoms with Crippen molar-refractivity contribution in [1.29, 1.82) is 0 Å². The molecular weight excluding hydrogens is 266 g/mol. The number of sulfonamides is 1. The fraction of sp³-hybridized carbons (Fsp3) is 0.750. The molecule has 1 saturated carbocycles. The molecule has 2 unspecified atom stereocenters. The quantitative estimate of drug-likeness (QED) is 0.851. The lowest BCUT2D eigenvalue weighted by molar-refractivity contribution is -0.00753. The van der Waals surface area contributed by atoms with Gasteiger partial charge in [-0.25, -0.2) is 13.1 Å². The first-order valence-corrected chi connectivity index (χ1v) is 8.01. The summed E-state index contributed by atoms with van der Waals surface area (Å²) < 4.78 is 28.0. The van der Waals surface area contributed by atoms with Crippen molar-refractivity contribution in [3.05, 3.63) is 12.3 Å². The molecule has 1 aromatic heterocycles. The zero-order valence-corrected chi connectivity index (χ0v) is 12.2. The normalized spacial score (nSPS) is 28.5. The molecule has 6 nitrogen and oxygen atoms in total. The van der Waals surface area contributed by atoms with E-state index in [1.54, 1.807) is 7.05 Å². The topological polar surface area (TPSA) is 84.2 Å². The molecule has 7 heteroatoms. The highest BCUT2D eigenvalue weighted by Crippen LogP contribution is 2.31. The van der Waals surface area contributed by atoms with Gasteiger partial charge in [0.1, 0.15) is 0 Å². The smallest absolute Gasteiger partial charge is 0.257 e. The molecule has 108 valence electrons. The van der Waals surface area contributed by atoms with Crippen molar-refractivity contribution in [3.63, 3.8) is 0 Å². The molecule has 0 spiro atoms. The van der Waals surface area contributed by atoms with Crippen molar-refractivity contribution in [2.45, 2.75) is 43.2 Å². The van der Waals surface area contributed by atoms with Gasteiger partial charge in [0.05, 0.1) is 11.8 Å². The average molecular weight is 287 g/mol. The minimum absolute atomic E-state index is 0.0604. The van der Waals surface area contributed by atoms with Crippen molar-refractivity contribution in [2.24, 2.45) is 13.0 Å². The van der Waals surface area contributed by atoms with E-state index < -0.39 is 15.6 Å². The van der Waals surface area contributed by atoms with Crippen LogP contribution in [0.4, 0.5) is 0 Å². The predicted octanol–water partition coefficient (Wildman–Crippen LogP) is 0.640. The molecule has 2 atom stereocenters. The molecule has 0 aliphatic heterocycles. The lowest BCUT2D eigenvalue weighted by atomic mass is 9.79. The van der Waals surface area contributed by atoms with E-state index in [0.717, 1.165) is 12.8 Å². The largest absolute Gasteiger partial charge is 0.389 e. The van der Waals surface area contributed by atoms with Crippen molar-refractivity contribution in [2.75, 3.05) is 6.54 Å². The van der Waals surface area contributed by atoms with Crippen LogP contribution in [0.2, 0.25) is 0 Å². The van der Waals surface area contributed by atoms with Gasteiger partial charge in [0.15, 0.2) is 5.03 Å². The first-order chi connectivity index (χ1) is 8.82. The van der Waals surface area contributed by atoms with Crippen molar-refractivity contribution >= 4 is 10.0 Å². The zero-order valence-electron chi connectivity index (χ0n) is 11.3. The standard InChI is InChI=1S/C12H21N3O3S/c1-10-4-3-6-12(16,8-10)9-14-19(17,18)11-5-7-13-15(11)2/h5,7,10,14,16H,3-4,6,8-9H2,1-2H3. The maximum absolute atomic E-state index is 12.1. The molecule has 0 bridgehead atoms. The molecule has 1 heterocycles. The summed E-state index contributed by atoms with van der Waals surface area (Å²) in [5.74, 6) is 0.431. The maximum atomic E-state index is 12.1. The van der Waals surface area contributed by atoms with Gasteiger partial charge in [-0.1, -0.05) is 19.8 Å². The van der Waals surface area contributed by atoms with E-state index >= 15 is 0 Å². The molecule has 19 heavy (non-hydrogen) atoms. The van der Waals surface area contributed by atoms with Gasteiger partial charge in [-0.3, -0.25) is 4.68 Å². The summed E-state index contributed by atoms with van der Waals surface area (Å²) in [5, 5.41) is 14.4. The highest BCUT2D eigenvalue weighted by Gasteiger charge is 2.34. The van der Waals surface area contributed by atoms with Gasteiger partial charge in [0.2, 0.25) is 0 Å². The van der Waals surface area contributed by atoms with Crippen LogP contribution in [0.15, 0.2) is 17.3 Å². The Morgan fingerprint density at radius 2 is 2.37 bits per heavy atom. The second kappa shape index (κ2) is 5.22. The van der Waals surface area contributed by atoms with Crippen LogP contribution in [0, 0.1) is 5.92 Å². The van der Waals surface area contributed by atoms with Gasteiger partial charge >= 0.3 is 0 Å². The molecule has 1 aromatic rings. The third kappa shape index (κ3) is 3.34. The predicted molar refractivity (Wildman–Crippen MR) is 71.0 cm³/mol. The first kappa shape index (κ1) is 14.5. The minimum atomic E-state index is -3.61. The summed E-state index contributed by atoms with van der Waals surface area (Å²) in [7, 11) is -2.04. The van der Waals surface area contributed by atoms with E-state index in [1.807, 2.05) is 0 Å². The Labute approximate surface area is 113 Å². The summed E-state index contributed by atoms with van der Waals surface area (Å²) >= 11 is 0. The number of nitrogens with one attached hydrogen (secondary N) is 1. The highest BCUT2D eigenvalue weighted by molar-refractivity contribution is 7.89. The van der Waals surface area contributed by atoms with Crippen LogP contribution in [0.3, 0.4) is 0 Å². The number of aryl methyl sites for hydroxylation is 1. The molecule has 1 aliphatic carbocycles. The maximum Gasteiger partial charge on any atom is 0.257 e. The Bertz CT molecular complexity index is 540. The molecule has 2 rings (SSSR count). The van der Waals surface area contributed by atoms with Gasteiger partial charge in [0.25, 0.3) is 10.0 Å². The second-order valence-corrected chi connectivity index (χ2v) is 7.26. The summed E-state index contributed by atoms with van der Waals surface area (Å²) in [6.45, 7) is 2.14. The molecule has 1 aliphatic rings. The van der Waals surface area contributed by atoms with Crippen LogP contribution in [-0.2, 0) is 17.1 Å². The zero-order chi connectivity index (χ0) is 14.1. The summed E-state index contributed by atoms with van der Waals surface area (Å²) in [5.41, 5.74) is -0.927. The van der Waals surface area contributed by atoms with Gasteiger partial charge in [0, 0.05) is 13.6 Å². The first-order valence-electron chi connectivity index (χ1n) is 6.52. The van der Waals surface area contributed by atoms with E-state index in [-0.39, 0.29) is 11.6 Å². The average Bonchev–Trinajstić information content (AvgIpc) is 2.74. The number of rotatable bonds is 4. The third-order valence-electron chi connectivity index (χ3n) is 3.71. The molecule has 0 aromatic carbocycles. The summed E-state index contributed by atoms with van der Waals surface area (Å²) in [6.07, 6.45) is 4.75. The van der Waals surface area contributed by atoms with Crippen LogP contribution in [0.1, 0.15) is 32.6 Å². The lowest BCUT2D eigenvalue weighted by Gasteiger charge is -2.35. The third-order valence-corrected chi connectivity index (χ3v) is 5.19. The molecule has 0 radical (unpaired) electrons. The molecule has 0 amide bonds. The second-order valence-electron chi connectivity index (χ2n) is 5.54. The number of nitrogens with zero attached hydrogens (tertiary/aromatic N) is 2. The Hall–Kier alpha value is -0.920. The van der Waals surface area contributed by atoms with E-state index in [0.29, 0.717) is 18.8 Å². The number of hydrogen-bond donors (Lipinski definition) is 2. The summed E-state index contributed by atoms with van der Waals surface area (Å²) in [6, 6.07) is 1.44. The van der Waals surface area contributed by atoms with Crippen LogP contribution in [0.25, 0.3) is 0 Å². The lowest BCUT2D eigenvalue weighted by Crippen LogP contribution is -2.46. The Balaban J connectivity index is 2.04. The van der Waals surface area contributed by atoms with Crippen LogP contribution in [0.5, 0.6) is 0 Å². The Morgan fingerprint density at radius 3 is 2.95 bits per heavy atom. The van der Waals surface area contributed by atoms with Crippen molar-refractivity contribution in [1.82, 2.24) is 14.5 Å². The van der Waals surface area contributed by atoms with Crippen LogP contribution >= 0.6 is 0 Å². The number of aromatic nitrogens is 2. The minimum Gasteiger partial charge on any atom is -0.389 e.